The van der Waals surface area contributed by atoms with Crippen molar-refractivity contribution in [2.24, 2.45) is 0 Å². The standard InChI is InChI=1S/C19H17N5O3/c1-11-5-3-7-23-16(11)22-17-14(19(23)26)9-13(18(25)21-2)15(20)24(17)10-12-6-4-8-27-12/h3-9,20H,10H2,1-2H3,(H,21,25)/p+1. The third kappa shape index (κ3) is 2.62. The van der Waals surface area contributed by atoms with Gasteiger partial charge in [-0.3, -0.25) is 14.0 Å². The monoisotopic (exact) mass is 364 g/mol. The zero-order valence-corrected chi connectivity index (χ0v) is 14.9. The second kappa shape index (κ2) is 6.24. The molecule has 0 fully saturated rings. The SMILES string of the molecule is CNC(=O)c1cc2c(=O)n3cccc(C)c3nc2[n+](Cc2ccco2)c1N. The van der Waals surface area contributed by atoms with Crippen LogP contribution in [0.1, 0.15) is 21.7 Å². The number of nitrogens with zero attached hydrogens (tertiary/aromatic N) is 3. The Morgan fingerprint density at radius 1 is 1.37 bits per heavy atom. The summed E-state index contributed by atoms with van der Waals surface area (Å²) in [6.07, 6.45) is 3.21. The maximum absolute atomic E-state index is 13.1. The first-order valence-electron chi connectivity index (χ1n) is 8.39. The number of anilines is 1. The minimum absolute atomic E-state index is 0.211. The first-order chi connectivity index (χ1) is 13.0. The van der Waals surface area contributed by atoms with Crippen LogP contribution in [0.2, 0.25) is 0 Å². The van der Waals surface area contributed by atoms with Crippen LogP contribution in [0.15, 0.2) is 52.0 Å². The number of fused-ring (bicyclic) bond motifs is 2. The average molecular weight is 364 g/mol. The molecular formula is C19H18N5O3+. The maximum atomic E-state index is 13.1. The van der Waals surface area contributed by atoms with Gasteiger partial charge in [0.05, 0.1) is 6.26 Å². The summed E-state index contributed by atoms with van der Waals surface area (Å²) >= 11 is 0. The smallest absolute Gasteiger partial charge is 0.278 e. The van der Waals surface area contributed by atoms with Crippen LogP contribution in [0.4, 0.5) is 5.82 Å². The Morgan fingerprint density at radius 2 is 2.19 bits per heavy atom. The van der Waals surface area contributed by atoms with Crippen LogP contribution in [0.5, 0.6) is 0 Å². The van der Waals surface area contributed by atoms with Gasteiger partial charge in [-0.1, -0.05) is 11.1 Å². The number of rotatable bonds is 3. The Hall–Kier alpha value is -3.68. The number of nitrogens with two attached hydrogens (primary N) is 1. The second-order valence-electron chi connectivity index (χ2n) is 6.23. The largest absolute Gasteiger partial charge is 0.466 e. The van der Waals surface area contributed by atoms with Crippen LogP contribution in [-0.4, -0.2) is 22.3 Å². The highest BCUT2D eigenvalue weighted by molar-refractivity contribution is 6.00. The highest BCUT2D eigenvalue weighted by atomic mass is 16.3. The molecule has 0 saturated carbocycles. The van der Waals surface area contributed by atoms with Crippen LogP contribution in [0.25, 0.3) is 16.7 Å². The van der Waals surface area contributed by atoms with Crippen LogP contribution in [-0.2, 0) is 6.54 Å². The number of nitrogen functional groups attached to an aromatic ring is 1. The highest BCUT2D eigenvalue weighted by Crippen LogP contribution is 2.16. The fraction of sp³-hybridized carbons (Fsp3) is 0.158. The van der Waals surface area contributed by atoms with Gasteiger partial charge in [0.25, 0.3) is 17.1 Å². The number of hydrogen-bond donors (Lipinski definition) is 2. The summed E-state index contributed by atoms with van der Waals surface area (Å²) in [4.78, 5) is 30.1. The van der Waals surface area contributed by atoms with Gasteiger partial charge in [-0.15, -0.1) is 0 Å². The number of aryl methyl sites for hydroxylation is 1. The number of amides is 1. The van der Waals surface area contributed by atoms with E-state index in [1.807, 2.05) is 13.0 Å². The number of carbonyl (C=O) groups is 1. The number of pyridine rings is 2. The molecule has 4 aromatic rings. The molecule has 0 bridgehead atoms. The van der Waals surface area contributed by atoms with E-state index < -0.39 is 0 Å². The van der Waals surface area contributed by atoms with Crippen LogP contribution in [0.3, 0.4) is 0 Å². The number of furan rings is 1. The third-order valence-corrected chi connectivity index (χ3v) is 4.54. The van der Waals surface area contributed by atoms with Crippen LogP contribution < -0.4 is 21.2 Å². The predicted molar refractivity (Wildman–Crippen MR) is 99.5 cm³/mol. The summed E-state index contributed by atoms with van der Waals surface area (Å²) in [5.41, 5.74) is 8.02. The normalized spacial score (nSPS) is 11.2. The number of hydrogen-bond acceptors (Lipinski definition) is 5. The van der Waals surface area contributed by atoms with E-state index in [2.05, 4.69) is 10.3 Å². The van der Waals surface area contributed by atoms with Crippen molar-refractivity contribution in [3.63, 3.8) is 0 Å². The van der Waals surface area contributed by atoms with Crippen molar-refractivity contribution >= 4 is 28.4 Å². The summed E-state index contributed by atoms with van der Waals surface area (Å²) in [6.45, 7) is 2.13. The molecule has 4 aromatic heterocycles. The zero-order valence-electron chi connectivity index (χ0n) is 14.9. The van der Waals surface area contributed by atoms with Crippen molar-refractivity contribution in [3.8, 4) is 0 Å². The van der Waals surface area contributed by atoms with E-state index in [1.165, 1.54) is 17.5 Å². The van der Waals surface area contributed by atoms with E-state index in [0.717, 1.165) is 5.56 Å². The minimum Gasteiger partial charge on any atom is -0.466 e. The molecule has 136 valence electrons. The zero-order chi connectivity index (χ0) is 19.1. The summed E-state index contributed by atoms with van der Waals surface area (Å²) in [5, 5.41) is 2.86. The molecule has 0 radical (unpaired) electrons. The van der Waals surface area contributed by atoms with Gasteiger partial charge in [-0.05, 0) is 31.2 Å². The molecule has 4 heterocycles. The molecular weight excluding hydrogens is 346 g/mol. The highest BCUT2D eigenvalue weighted by Gasteiger charge is 2.24. The fourth-order valence-corrected chi connectivity index (χ4v) is 3.15. The molecule has 8 heteroatoms. The van der Waals surface area contributed by atoms with E-state index >= 15 is 0 Å². The van der Waals surface area contributed by atoms with Gasteiger partial charge in [0, 0.05) is 18.8 Å². The number of nitrogens with one attached hydrogen (secondary N) is 1. The molecule has 0 unspecified atom stereocenters. The Morgan fingerprint density at radius 3 is 2.89 bits per heavy atom. The Bertz CT molecular complexity index is 1240. The van der Waals surface area contributed by atoms with E-state index in [4.69, 9.17) is 10.2 Å². The minimum atomic E-state index is -0.378. The third-order valence-electron chi connectivity index (χ3n) is 4.54. The Balaban J connectivity index is 2.14. The number of aromatic nitrogens is 3. The first kappa shape index (κ1) is 16.8. The Kier molecular flexibility index (Phi) is 3.88. The van der Waals surface area contributed by atoms with Gasteiger partial charge in [0.1, 0.15) is 23.3 Å². The lowest BCUT2D eigenvalue weighted by molar-refractivity contribution is -0.651. The van der Waals surface area contributed by atoms with Gasteiger partial charge in [0.15, 0.2) is 0 Å². The van der Waals surface area contributed by atoms with Crippen molar-refractivity contribution < 1.29 is 13.8 Å². The summed E-state index contributed by atoms with van der Waals surface area (Å²) in [6, 6.07) is 8.72. The van der Waals surface area contributed by atoms with Gasteiger partial charge < -0.3 is 15.5 Å². The lowest BCUT2D eigenvalue weighted by Gasteiger charge is -2.11. The summed E-state index contributed by atoms with van der Waals surface area (Å²) < 4.78 is 8.52. The van der Waals surface area contributed by atoms with Crippen molar-refractivity contribution in [1.29, 1.82) is 0 Å². The van der Waals surface area contributed by atoms with E-state index in [-0.39, 0.29) is 29.4 Å². The van der Waals surface area contributed by atoms with Crippen LogP contribution >= 0.6 is 0 Å². The molecule has 0 aliphatic heterocycles. The average Bonchev–Trinajstić information content (AvgIpc) is 3.18. The van der Waals surface area contributed by atoms with Gasteiger partial charge >= 0.3 is 0 Å². The Labute approximate surface area is 153 Å². The van der Waals surface area contributed by atoms with E-state index in [1.54, 1.807) is 35.2 Å². The molecule has 0 aliphatic carbocycles. The van der Waals surface area contributed by atoms with Gasteiger partial charge in [-0.2, -0.15) is 0 Å². The molecule has 27 heavy (non-hydrogen) atoms. The van der Waals surface area contributed by atoms with Crippen LogP contribution in [0, 0.1) is 6.92 Å². The van der Waals surface area contributed by atoms with Crippen molar-refractivity contribution in [2.75, 3.05) is 12.8 Å². The predicted octanol–water partition coefficient (Wildman–Crippen LogP) is 1.03. The molecule has 0 saturated heterocycles. The fourth-order valence-electron chi connectivity index (χ4n) is 3.15. The van der Waals surface area contributed by atoms with Gasteiger partial charge in [-0.25, -0.2) is 4.57 Å². The van der Waals surface area contributed by atoms with Gasteiger partial charge in [0.2, 0.25) is 11.5 Å². The quantitative estimate of drug-likeness (QED) is 0.417. The summed E-state index contributed by atoms with van der Waals surface area (Å²) in [5.74, 6) is 0.466. The second-order valence-corrected chi connectivity index (χ2v) is 6.23. The number of carbonyl (C=O) groups excluding carboxylic acids is 1. The molecule has 3 N–H and O–H groups in total. The molecule has 0 atom stereocenters. The summed E-state index contributed by atoms with van der Waals surface area (Å²) in [7, 11) is 1.51. The lowest BCUT2D eigenvalue weighted by Crippen LogP contribution is -2.43. The first-order valence-corrected chi connectivity index (χ1v) is 8.39. The van der Waals surface area contributed by atoms with Crippen molar-refractivity contribution in [2.45, 2.75) is 13.5 Å². The van der Waals surface area contributed by atoms with E-state index in [0.29, 0.717) is 22.4 Å². The molecule has 4 rings (SSSR count). The van der Waals surface area contributed by atoms with E-state index in [9.17, 15) is 9.59 Å². The molecule has 1 amide bonds. The molecule has 8 nitrogen and oxygen atoms in total. The molecule has 0 aliphatic rings. The topological polar surface area (TPSA) is 107 Å². The lowest BCUT2D eigenvalue weighted by atomic mass is 10.1. The molecule has 0 spiro atoms. The maximum Gasteiger partial charge on any atom is 0.278 e. The van der Waals surface area contributed by atoms with Crippen molar-refractivity contribution in [3.05, 3.63) is 70.0 Å². The van der Waals surface area contributed by atoms with Crippen molar-refractivity contribution in [1.82, 2.24) is 14.7 Å². The molecule has 0 aromatic carbocycles.